The van der Waals surface area contributed by atoms with Gasteiger partial charge >= 0.3 is 7.60 Å². The Morgan fingerprint density at radius 3 is 2.07 bits per heavy atom. The number of halogens is 2. The highest BCUT2D eigenvalue weighted by molar-refractivity contribution is 7.56. The highest BCUT2D eigenvalue weighted by atomic mass is 35.5. The van der Waals surface area contributed by atoms with Gasteiger partial charge in [-0.1, -0.05) is 35.3 Å². The van der Waals surface area contributed by atoms with Gasteiger partial charge in [-0.3, -0.25) is 4.57 Å². The average molecular weight is 429 g/mol. The first-order valence-corrected chi connectivity index (χ1v) is 10.5. The number of nitrogens with zero attached hydrogens (tertiary/aromatic N) is 2. The van der Waals surface area contributed by atoms with Gasteiger partial charge in [0.2, 0.25) is 5.88 Å². The second-order valence-electron chi connectivity index (χ2n) is 6.19. The van der Waals surface area contributed by atoms with Crippen molar-refractivity contribution < 1.29 is 19.1 Å². The molecule has 1 atom stereocenters. The second kappa shape index (κ2) is 7.84. The van der Waals surface area contributed by atoms with Crippen LogP contribution in [0.3, 0.4) is 0 Å². The molecule has 2 aromatic rings. The number of ether oxygens (including phenoxy) is 1. The van der Waals surface area contributed by atoms with Crippen LogP contribution in [0.1, 0.15) is 12.5 Å². The van der Waals surface area contributed by atoms with Gasteiger partial charge in [0.05, 0.1) is 11.7 Å². The van der Waals surface area contributed by atoms with E-state index in [-0.39, 0.29) is 17.8 Å². The Bertz CT molecular complexity index is 897. The van der Waals surface area contributed by atoms with Crippen LogP contribution in [0.4, 0.5) is 5.69 Å². The molecule has 0 spiro atoms. The summed E-state index contributed by atoms with van der Waals surface area (Å²) in [5, 5.41) is 4.47. The van der Waals surface area contributed by atoms with Crippen molar-refractivity contribution in [3.05, 3.63) is 75.3 Å². The molecule has 0 aliphatic carbocycles. The lowest BCUT2D eigenvalue weighted by Gasteiger charge is -2.30. The highest BCUT2D eigenvalue weighted by Gasteiger charge is 2.44. The normalized spacial score (nSPS) is 18.3. The van der Waals surface area contributed by atoms with E-state index in [0.29, 0.717) is 15.7 Å². The van der Waals surface area contributed by atoms with Crippen molar-refractivity contribution in [3.8, 4) is 0 Å². The van der Waals surface area contributed by atoms with Gasteiger partial charge < -0.3 is 14.5 Å². The standard InChI is InChI=1S/C18H19Cl2N2O4P/c1-12-17(27(23,24)25)18(26-11-13-3-5-14(19)6-4-13)22(21(12)2)16-9-7-15(20)8-10-16/h3-10,12H,11H2,1-2H3,(H2,23,24,25). The molecule has 9 heteroatoms. The van der Waals surface area contributed by atoms with E-state index in [2.05, 4.69) is 0 Å². The molecule has 2 N–H and O–H groups in total. The van der Waals surface area contributed by atoms with E-state index in [1.807, 2.05) is 0 Å². The Hall–Kier alpha value is -1.53. The number of benzene rings is 2. The molecule has 0 fully saturated rings. The summed E-state index contributed by atoms with van der Waals surface area (Å²) >= 11 is 11.9. The maximum atomic E-state index is 12.2. The minimum absolute atomic E-state index is 0.0612. The van der Waals surface area contributed by atoms with Crippen LogP contribution in [0.5, 0.6) is 0 Å². The number of hydrogen-bond donors (Lipinski definition) is 2. The van der Waals surface area contributed by atoms with Crippen molar-refractivity contribution in [2.24, 2.45) is 0 Å². The molecule has 1 aliphatic rings. The van der Waals surface area contributed by atoms with Crippen LogP contribution in [0.2, 0.25) is 10.0 Å². The SMILES string of the molecule is CC1C(P(=O)(O)O)=C(OCc2ccc(Cl)cc2)N(c2ccc(Cl)cc2)N1C. The van der Waals surface area contributed by atoms with E-state index in [9.17, 15) is 14.4 Å². The van der Waals surface area contributed by atoms with Crippen molar-refractivity contribution in [1.82, 2.24) is 5.01 Å². The van der Waals surface area contributed by atoms with Gasteiger partial charge in [-0.25, -0.2) is 10.0 Å². The summed E-state index contributed by atoms with van der Waals surface area (Å²) in [6.07, 6.45) is 0. The molecule has 2 aromatic carbocycles. The van der Waals surface area contributed by atoms with Gasteiger partial charge in [0.25, 0.3) is 0 Å². The van der Waals surface area contributed by atoms with Gasteiger partial charge in [-0.15, -0.1) is 0 Å². The van der Waals surface area contributed by atoms with Crippen molar-refractivity contribution in [3.63, 3.8) is 0 Å². The van der Waals surface area contributed by atoms with Crippen molar-refractivity contribution >= 4 is 36.5 Å². The van der Waals surface area contributed by atoms with Gasteiger partial charge in [-0.05, 0) is 48.9 Å². The second-order valence-corrected chi connectivity index (χ2v) is 8.63. The van der Waals surface area contributed by atoms with Gasteiger partial charge in [0, 0.05) is 17.1 Å². The molecule has 6 nitrogen and oxygen atoms in total. The van der Waals surface area contributed by atoms with Gasteiger partial charge in [0.15, 0.2) is 0 Å². The zero-order chi connectivity index (χ0) is 19.8. The minimum atomic E-state index is -4.54. The van der Waals surface area contributed by atoms with Crippen LogP contribution in [-0.4, -0.2) is 27.9 Å². The lowest BCUT2D eigenvalue weighted by atomic mass is 10.2. The molecule has 1 unspecified atom stereocenters. The fraction of sp³-hybridized carbons (Fsp3) is 0.222. The summed E-state index contributed by atoms with van der Waals surface area (Å²) < 4.78 is 18.1. The molecule has 3 rings (SSSR count). The van der Waals surface area contributed by atoms with Crippen molar-refractivity contribution in [2.75, 3.05) is 12.1 Å². The average Bonchev–Trinajstić information content (AvgIpc) is 2.86. The summed E-state index contributed by atoms with van der Waals surface area (Å²) in [6.45, 7) is 1.86. The van der Waals surface area contributed by atoms with Crippen LogP contribution >= 0.6 is 30.8 Å². The summed E-state index contributed by atoms with van der Waals surface area (Å²) in [4.78, 5) is 19.8. The van der Waals surface area contributed by atoms with E-state index in [1.54, 1.807) is 72.5 Å². The minimum Gasteiger partial charge on any atom is -0.473 e. The van der Waals surface area contributed by atoms with E-state index < -0.39 is 13.6 Å². The quantitative estimate of drug-likeness (QED) is 0.677. The van der Waals surface area contributed by atoms with Gasteiger partial charge in [0.1, 0.15) is 11.9 Å². The maximum absolute atomic E-state index is 12.2. The number of anilines is 1. The highest BCUT2D eigenvalue weighted by Crippen LogP contribution is 2.54. The molecular formula is C18H19Cl2N2O4P. The first kappa shape index (κ1) is 20.2. The van der Waals surface area contributed by atoms with Crippen molar-refractivity contribution in [2.45, 2.75) is 19.6 Å². The number of rotatable bonds is 5. The zero-order valence-corrected chi connectivity index (χ0v) is 17.1. The largest absolute Gasteiger partial charge is 0.473 e. The van der Waals surface area contributed by atoms with Crippen LogP contribution in [0.25, 0.3) is 0 Å². The van der Waals surface area contributed by atoms with Crippen LogP contribution in [-0.2, 0) is 15.9 Å². The monoisotopic (exact) mass is 428 g/mol. The first-order valence-electron chi connectivity index (χ1n) is 8.14. The third-order valence-corrected chi connectivity index (χ3v) is 6.05. The molecule has 0 aromatic heterocycles. The molecule has 0 amide bonds. The molecule has 0 saturated carbocycles. The molecule has 27 heavy (non-hydrogen) atoms. The van der Waals surface area contributed by atoms with Crippen LogP contribution < -0.4 is 5.01 Å². The molecule has 1 aliphatic heterocycles. The fourth-order valence-corrected chi connectivity index (χ4v) is 4.21. The fourth-order valence-electron chi connectivity index (χ4n) is 2.90. The van der Waals surface area contributed by atoms with Crippen LogP contribution in [0.15, 0.2) is 59.7 Å². The summed E-state index contributed by atoms with van der Waals surface area (Å²) in [6, 6.07) is 13.5. The van der Waals surface area contributed by atoms with Crippen LogP contribution in [0, 0.1) is 0 Å². The smallest absolute Gasteiger partial charge is 0.359 e. The lowest BCUT2D eigenvalue weighted by Crippen LogP contribution is -2.38. The Morgan fingerprint density at radius 2 is 1.56 bits per heavy atom. The van der Waals surface area contributed by atoms with E-state index >= 15 is 0 Å². The van der Waals surface area contributed by atoms with E-state index in [0.717, 1.165) is 5.56 Å². The molecule has 1 heterocycles. The summed E-state index contributed by atoms with van der Waals surface area (Å²) in [5.74, 6) is 0.121. The Balaban J connectivity index is 2.00. The Morgan fingerprint density at radius 1 is 1.04 bits per heavy atom. The zero-order valence-electron chi connectivity index (χ0n) is 14.7. The summed E-state index contributed by atoms with van der Waals surface area (Å²) in [7, 11) is -2.79. The van der Waals surface area contributed by atoms with E-state index in [1.165, 1.54) is 0 Å². The Kier molecular flexibility index (Phi) is 5.87. The molecule has 0 radical (unpaired) electrons. The van der Waals surface area contributed by atoms with E-state index in [4.69, 9.17) is 27.9 Å². The molecule has 144 valence electrons. The number of likely N-dealkylation sites (N-methyl/N-ethyl adjacent to an activating group) is 1. The predicted molar refractivity (Wildman–Crippen MR) is 106 cm³/mol. The molecular weight excluding hydrogens is 410 g/mol. The molecule has 0 bridgehead atoms. The molecule has 0 saturated heterocycles. The Labute approximate surface area is 167 Å². The summed E-state index contributed by atoms with van der Waals surface area (Å²) in [5.41, 5.74) is 1.51. The van der Waals surface area contributed by atoms with Gasteiger partial charge in [-0.2, -0.15) is 0 Å². The number of hydrogen-bond acceptors (Lipinski definition) is 4. The predicted octanol–water partition coefficient (Wildman–Crippen LogP) is 4.61. The third-order valence-electron chi connectivity index (χ3n) is 4.36. The first-order chi connectivity index (χ1) is 12.7. The number of hydrazine groups is 1. The topological polar surface area (TPSA) is 73.2 Å². The van der Waals surface area contributed by atoms with Crippen molar-refractivity contribution in [1.29, 1.82) is 0 Å². The third kappa shape index (κ3) is 4.32. The maximum Gasteiger partial charge on any atom is 0.359 e. The lowest BCUT2D eigenvalue weighted by molar-refractivity contribution is 0.169.